The highest BCUT2D eigenvalue weighted by Gasteiger charge is 2.33. The molecular weight excluding hydrogens is 354 g/mol. The van der Waals surface area contributed by atoms with Crippen molar-refractivity contribution < 1.29 is 9.90 Å². The Bertz CT molecular complexity index is 1160. The predicted octanol–water partition coefficient (Wildman–Crippen LogP) is 1.65. The molecule has 28 heavy (non-hydrogen) atoms. The van der Waals surface area contributed by atoms with Gasteiger partial charge >= 0.3 is 0 Å². The molecule has 7 nitrogen and oxygen atoms in total. The van der Waals surface area contributed by atoms with Crippen LogP contribution in [0.5, 0.6) is 0 Å². The third kappa shape index (κ3) is 2.76. The number of carbonyl (C=O) groups excluding carboxylic acids is 1. The Balaban J connectivity index is 1.41. The SMILES string of the molecule is Cn1ncc2cc(/C=C3\N=C(N[C@H]4c5ccccc5C[C@@H]4O)NC3=O)ccc21. The standard InChI is InChI=1S/C21H19N5O2/c1-26-17-7-6-12(8-14(17)11-22-26)9-16-20(28)25-21(23-16)24-19-15-5-3-2-4-13(15)10-18(19)27/h2-9,11,18-19,27H,10H2,1H3,(H2,23,24,25,28)/b16-9-/t18-,19-/m0/s1. The van der Waals surface area contributed by atoms with Gasteiger partial charge in [-0.3, -0.25) is 14.8 Å². The molecule has 2 aromatic carbocycles. The predicted molar refractivity (Wildman–Crippen MR) is 106 cm³/mol. The number of nitrogens with one attached hydrogen (secondary N) is 2. The zero-order valence-corrected chi connectivity index (χ0v) is 15.3. The Kier molecular flexibility index (Phi) is 3.77. The van der Waals surface area contributed by atoms with Gasteiger partial charge in [0.2, 0.25) is 5.96 Å². The molecule has 1 amide bonds. The first-order valence-electron chi connectivity index (χ1n) is 9.14. The fourth-order valence-corrected chi connectivity index (χ4v) is 3.86. The van der Waals surface area contributed by atoms with Crippen molar-refractivity contribution in [1.82, 2.24) is 20.4 Å². The first-order chi connectivity index (χ1) is 13.6. The van der Waals surface area contributed by atoms with Crippen molar-refractivity contribution in [2.45, 2.75) is 18.6 Å². The van der Waals surface area contributed by atoms with Crippen molar-refractivity contribution >= 4 is 28.8 Å². The van der Waals surface area contributed by atoms with Gasteiger partial charge in [-0.15, -0.1) is 0 Å². The number of rotatable bonds is 2. The first-order valence-corrected chi connectivity index (χ1v) is 9.14. The van der Waals surface area contributed by atoms with E-state index >= 15 is 0 Å². The molecule has 0 spiro atoms. The van der Waals surface area contributed by atoms with Gasteiger partial charge in [-0.1, -0.05) is 30.3 Å². The number of nitrogens with zero attached hydrogens (tertiary/aromatic N) is 3. The number of aromatic nitrogens is 2. The third-order valence-electron chi connectivity index (χ3n) is 5.27. The van der Waals surface area contributed by atoms with E-state index in [4.69, 9.17) is 0 Å². The summed E-state index contributed by atoms with van der Waals surface area (Å²) in [5.41, 5.74) is 4.37. The molecule has 0 unspecified atom stereocenters. The summed E-state index contributed by atoms with van der Waals surface area (Å²) in [6.07, 6.45) is 3.57. The molecule has 0 bridgehead atoms. The van der Waals surface area contributed by atoms with Crippen LogP contribution in [0.15, 0.2) is 59.4 Å². The molecule has 1 aliphatic heterocycles. The number of aliphatic hydroxyl groups excluding tert-OH is 1. The van der Waals surface area contributed by atoms with Gasteiger partial charge in [0.05, 0.1) is 23.9 Å². The smallest absolute Gasteiger partial charge is 0.276 e. The topological polar surface area (TPSA) is 91.5 Å². The monoisotopic (exact) mass is 373 g/mol. The molecule has 1 aliphatic carbocycles. The minimum atomic E-state index is -0.557. The van der Waals surface area contributed by atoms with Gasteiger partial charge in [-0.25, -0.2) is 4.99 Å². The van der Waals surface area contributed by atoms with Crippen LogP contribution in [0.2, 0.25) is 0 Å². The maximum absolute atomic E-state index is 12.3. The Morgan fingerprint density at radius 3 is 3.04 bits per heavy atom. The lowest BCUT2D eigenvalue weighted by atomic mass is 10.1. The van der Waals surface area contributed by atoms with E-state index in [-0.39, 0.29) is 11.9 Å². The zero-order chi connectivity index (χ0) is 19.3. The molecule has 2 heterocycles. The van der Waals surface area contributed by atoms with E-state index in [9.17, 15) is 9.90 Å². The minimum absolute atomic E-state index is 0.269. The van der Waals surface area contributed by atoms with Crippen molar-refractivity contribution in [2.24, 2.45) is 12.0 Å². The highest BCUT2D eigenvalue weighted by Crippen LogP contribution is 2.31. The van der Waals surface area contributed by atoms with Crippen molar-refractivity contribution in [3.05, 3.63) is 71.0 Å². The second kappa shape index (κ2) is 6.31. The summed E-state index contributed by atoms with van der Waals surface area (Å²) in [5, 5.41) is 21.5. The largest absolute Gasteiger partial charge is 0.390 e. The van der Waals surface area contributed by atoms with Gasteiger partial charge in [-0.05, 0) is 34.9 Å². The minimum Gasteiger partial charge on any atom is -0.390 e. The molecule has 3 aromatic rings. The second-order valence-electron chi connectivity index (χ2n) is 7.12. The molecule has 0 fully saturated rings. The molecule has 3 N–H and O–H groups in total. The highest BCUT2D eigenvalue weighted by atomic mass is 16.3. The van der Waals surface area contributed by atoms with Gasteiger partial charge in [0.25, 0.3) is 5.91 Å². The summed E-state index contributed by atoms with van der Waals surface area (Å²) >= 11 is 0. The number of carbonyl (C=O) groups is 1. The maximum Gasteiger partial charge on any atom is 0.276 e. The average Bonchev–Trinajstić information content (AvgIpc) is 3.32. The number of aliphatic hydroxyl groups is 1. The summed E-state index contributed by atoms with van der Waals surface area (Å²) in [6, 6.07) is 13.5. The quantitative estimate of drug-likeness (QED) is 0.596. The van der Waals surface area contributed by atoms with E-state index in [0.29, 0.717) is 18.1 Å². The molecule has 140 valence electrons. The van der Waals surface area contributed by atoms with E-state index in [2.05, 4.69) is 20.7 Å². The number of guanidine groups is 1. The van der Waals surface area contributed by atoms with Crippen molar-refractivity contribution in [2.75, 3.05) is 0 Å². The lowest BCUT2D eigenvalue weighted by Crippen LogP contribution is -2.41. The zero-order valence-electron chi connectivity index (χ0n) is 15.3. The van der Waals surface area contributed by atoms with Crippen LogP contribution in [0.25, 0.3) is 17.0 Å². The Labute approximate surface area is 161 Å². The van der Waals surface area contributed by atoms with Crippen molar-refractivity contribution in [3.8, 4) is 0 Å². The molecule has 2 aliphatic rings. The van der Waals surface area contributed by atoms with Gasteiger partial charge < -0.3 is 10.4 Å². The number of fused-ring (bicyclic) bond motifs is 2. The van der Waals surface area contributed by atoms with Crippen LogP contribution in [0.1, 0.15) is 22.7 Å². The fourth-order valence-electron chi connectivity index (χ4n) is 3.86. The van der Waals surface area contributed by atoms with Crippen molar-refractivity contribution in [1.29, 1.82) is 0 Å². The normalized spacial score (nSPS) is 22.4. The molecular formula is C21H19N5O2. The number of hydrogen-bond donors (Lipinski definition) is 3. The number of aliphatic imine (C=N–C) groups is 1. The van der Waals surface area contributed by atoms with E-state index in [1.165, 1.54) is 0 Å². The Hall–Kier alpha value is -3.45. The fraction of sp³-hybridized carbons (Fsp3) is 0.190. The van der Waals surface area contributed by atoms with Gasteiger partial charge in [0, 0.05) is 18.9 Å². The van der Waals surface area contributed by atoms with Crippen LogP contribution in [0.4, 0.5) is 0 Å². The average molecular weight is 373 g/mol. The van der Waals surface area contributed by atoms with E-state index in [1.807, 2.05) is 49.5 Å². The van der Waals surface area contributed by atoms with Crippen molar-refractivity contribution in [3.63, 3.8) is 0 Å². The number of benzene rings is 2. The second-order valence-corrected chi connectivity index (χ2v) is 7.12. The summed E-state index contributed by atoms with van der Waals surface area (Å²) < 4.78 is 1.81. The summed E-state index contributed by atoms with van der Waals surface area (Å²) in [7, 11) is 1.89. The summed E-state index contributed by atoms with van der Waals surface area (Å²) in [4.78, 5) is 16.7. The molecule has 5 rings (SSSR count). The number of amides is 1. The lowest BCUT2D eigenvalue weighted by Gasteiger charge is -2.18. The first kappa shape index (κ1) is 16.7. The molecule has 1 aromatic heterocycles. The van der Waals surface area contributed by atoms with Crippen LogP contribution in [0.3, 0.4) is 0 Å². The molecule has 0 saturated carbocycles. The highest BCUT2D eigenvalue weighted by molar-refractivity contribution is 6.13. The van der Waals surface area contributed by atoms with E-state index < -0.39 is 6.10 Å². The van der Waals surface area contributed by atoms with Gasteiger partial charge in [0.15, 0.2) is 0 Å². The van der Waals surface area contributed by atoms with Crippen LogP contribution < -0.4 is 10.6 Å². The van der Waals surface area contributed by atoms with Crippen LogP contribution in [-0.4, -0.2) is 32.9 Å². The van der Waals surface area contributed by atoms with Crippen LogP contribution >= 0.6 is 0 Å². The summed E-state index contributed by atoms with van der Waals surface area (Å²) in [6.45, 7) is 0. The maximum atomic E-state index is 12.3. The van der Waals surface area contributed by atoms with E-state index in [1.54, 1.807) is 17.0 Å². The lowest BCUT2D eigenvalue weighted by molar-refractivity contribution is -0.115. The summed E-state index contributed by atoms with van der Waals surface area (Å²) in [5.74, 6) is 0.0917. The Morgan fingerprint density at radius 1 is 1.29 bits per heavy atom. The molecule has 0 saturated heterocycles. The number of hydrogen-bond acceptors (Lipinski definition) is 5. The van der Waals surface area contributed by atoms with Gasteiger partial charge in [0.1, 0.15) is 5.70 Å². The molecule has 0 radical (unpaired) electrons. The molecule has 2 atom stereocenters. The van der Waals surface area contributed by atoms with Gasteiger partial charge in [-0.2, -0.15) is 5.10 Å². The number of aryl methyl sites for hydroxylation is 1. The third-order valence-corrected chi connectivity index (χ3v) is 5.27. The molecule has 7 heteroatoms. The van der Waals surface area contributed by atoms with E-state index in [0.717, 1.165) is 27.6 Å². The Morgan fingerprint density at radius 2 is 2.14 bits per heavy atom. The van der Waals surface area contributed by atoms with Crippen LogP contribution in [-0.2, 0) is 18.3 Å². The van der Waals surface area contributed by atoms with Crippen LogP contribution in [0, 0.1) is 0 Å².